The topological polar surface area (TPSA) is 92.2 Å². The molecule has 0 saturated carbocycles. The normalized spacial score (nSPS) is 11.0. The van der Waals surface area contributed by atoms with Crippen LogP contribution >= 0.6 is 0 Å². The smallest absolute Gasteiger partial charge is 0.288 e. The number of carbonyl (C=O) groups is 1. The molecule has 1 amide bonds. The number of benzene rings is 1. The summed E-state index contributed by atoms with van der Waals surface area (Å²) >= 11 is 0. The van der Waals surface area contributed by atoms with Gasteiger partial charge in [-0.3, -0.25) is 14.7 Å². The zero-order chi connectivity index (χ0) is 17.8. The van der Waals surface area contributed by atoms with Crippen LogP contribution in [0, 0.1) is 6.92 Å². The van der Waals surface area contributed by atoms with E-state index in [1.165, 1.54) is 4.52 Å². The van der Waals surface area contributed by atoms with Crippen LogP contribution in [0.2, 0.25) is 0 Å². The molecule has 0 aliphatic heterocycles. The van der Waals surface area contributed by atoms with Crippen LogP contribution in [0.5, 0.6) is 0 Å². The van der Waals surface area contributed by atoms with Crippen molar-refractivity contribution in [2.75, 3.05) is 6.54 Å². The Morgan fingerprint density at radius 1 is 1.24 bits per heavy atom. The fourth-order valence-electron chi connectivity index (χ4n) is 2.62. The van der Waals surface area contributed by atoms with Crippen molar-refractivity contribution in [3.8, 4) is 0 Å². The number of amides is 1. The molecule has 3 aromatic rings. The van der Waals surface area contributed by atoms with Gasteiger partial charge < -0.3 is 5.32 Å². The highest BCUT2D eigenvalue weighted by Gasteiger charge is 2.16. The van der Waals surface area contributed by atoms with Gasteiger partial charge in [0.15, 0.2) is 0 Å². The SMILES string of the molecule is CCCCNC(=O)c1nc2nc(C)c(Cc3ccccc3)c(=O)n2[nH]1. The summed E-state index contributed by atoms with van der Waals surface area (Å²) in [6.45, 7) is 4.41. The summed E-state index contributed by atoms with van der Waals surface area (Å²) in [6, 6.07) is 9.73. The fraction of sp³-hybridized carbons (Fsp3) is 0.333. The van der Waals surface area contributed by atoms with Crippen LogP contribution in [0.15, 0.2) is 35.1 Å². The lowest BCUT2D eigenvalue weighted by atomic mass is 10.1. The van der Waals surface area contributed by atoms with Crippen molar-refractivity contribution in [1.82, 2.24) is 24.9 Å². The van der Waals surface area contributed by atoms with Crippen LogP contribution in [0.1, 0.15) is 47.2 Å². The highest BCUT2D eigenvalue weighted by atomic mass is 16.2. The van der Waals surface area contributed by atoms with Gasteiger partial charge in [-0.2, -0.15) is 9.50 Å². The molecular weight excluding hydrogens is 318 g/mol. The number of hydrogen-bond donors (Lipinski definition) is 2. The Morgan fingerprint density at radius 3 is 2.72 bits per heavy atom. The van der Waals surface area contributed by atoms with Crippen molar-refractivity contribution < 1.29 is 4.79 Å². The molecule has 0 atom stereocenters. The van der Waals surface area contributed by atoms with Crippen LogP contribution in [0.4, 0.5) is 0 Å². The van der Waals surface area contributed by atoms with Gasteiger partial charge in [-0.1, -0.05) is 43.7 Å². The van der Waals surface area contributed by atoms with Gasteiger partial charge in [-0.25, -0.2) is 4.98 Å². The summed E-state index contributed by atoms with van der Waals surface area (Å²) in [7, 11) is 0. The van der Waals surface area contributed by atoms with E-state index in [1.807, 2.05) is 37.3 Å². The van der Waals surface area contributed by atoms with Crippen LogP contribution in [0.3, 0.4) is 0 Å². The average Bonchev–Trinajstić information content (AvgIpc) is 3.04. The maximum absolute atomic E-state index is 12.8. The first-order chi connectivity index (χ1) is 12.1. The number of rotatable bonds is 6. The predicted octanol–water partition coefficient (Wildman–Crippen LogP) is 1.85. The number of H-pyrrole nitrogens is 1. The number of aromatic nitrogens is 4. The third-order valence-electron chi connectivity index (χ3n) is 4.05. The summed E-state index contributed by atoms with van der Waals surface area (Å²) in [5, 5.41) is 5.54. The molecule has 7 heteroatoms. The predicted molar refractivity (Wildman–Crippen MR) is 94.8 cm³/mol. The zero-order valence-corrected chi connectivity index (χ0v) is 14.4. The highest BCUT2D eigenvalue weighted by molar-refractivity contribution is 5.90. The lowest BCUT2D eigenvalue weighted by molar-refractivity contribution is 0.0943. The maximum atomic E-state index is 12.8. The number of carbonyl (C=O) groups excluding carboxylic acids is 1. The molecule has 130 valence electrons. The van der Waals surface area contributed by atoms with E-state index in [1.54, 1.807) is 6.92 Å². The van der Waals surface area contributed by atoms with Gasteiger partial charge in [0.05, 0.1) is 5.69 Å². The van der Waals surface area contributed by atoms with E-state index in [4.69, 9.17) is 0 Å². The lowest BCUT2D eigenvalue weighted by Crippen LogP contribution is -2.26. The Balaban J connectivity index is 1.93. The second-order valence-corrected chi connectivity index (χ2v) is 5.96. The number of aromatic amines is 1. The average molecular weight is 339 g/mol. The summed E-state index contributed by atoms with van der Waals surface area (Å²) in [4.78, 5) is 33.4. The van der Waals surface area contributed by atoms with E-state index in [2.05, 4.69) is 20.4 Å². The highest BCUT2D eigenvalue weighted by Crippen LogP contribution is 2.09. The first kappa shape index (κ1) is 16.9. The maximum Gasteiger partial charge on any atom is 0.288 e. The van der Waals surface area contributed by atoms with Crippen LogP contribution in [-0.2, 0) is 6.42 Å². The lowest BCUT2D eigenvalue weighted by Gasteiger charge is -2.04. The van der Waals surface area contributed by atoms with Crippen LogP contribution in [-0.4, -0.2) is 32.0 Å². The molecule has 0 spiro atoms. The molecule has 3 rings (SSSR count). The van der Waals surface area contributed by atoms with Crippen molar-refractivity contribution in [3.63, 3.8) is 0 Å². The Morgan fingerprint density at radius 2 is 2.00 bits per heavy atom. The molecular formula is C18H21N5O2. The molecule has 7 nitrogen and oxygen atoms in total. The van der Waals surface area contributed by atoms with Gasteiger partial charge in [0, 0.05) is 18.5 Å². The minimum atomic E-state index is -0.333. The van der Waals surface area contributed by atoms with Gasteiger partial charge in [-0.05, 0) is 18.9 Å². The monoisotopic (exact) mass is 339 g/mol. The Kier molecular flexibility index (Phi) is 4.92. The molecule has 0 saturated heterocycles. The van der Waals surface area contributed by atoms with Crippen molar-refractivity contribution in [3.05, 3.63) is 63.3 Å². The molecule has 0 bridgehead atoms. The zero-order valence-electron chi connectivity index (χ0n) is 14.4. The van der Waals surface area contributed by atoms with Gasteiger partial charge in [0.25, 0.3) is 17.2 Å². The standard InChI is InChI=1S/C18H21N5O2/c1-3-4-10-19-16(24)15-21-18-20-12(2)14(17(25)23(18)22-15)11-13-8-6-5-7-9-13/h5-9H,3-4,10-11H2,1-2H3,(H,19,24)(H,20,21,22). The molecule has 0 aliphatic rings. The van der Waals surface area contributed by atoms with Crippen molar-refractivity contribution in [2.24, 2.45) is 0 Å². The van der Waals surface area contributed by atoms with E-state index in [9.17, 15) is 9.59 Å². The van der Waals surface area contributed by atoms with Gasteiger partial charge in [0.2, 0.25) is 5.82 Å². The minimum Gasteiger partial charge on any atom is -0.349 e. The van der Waals surface area contributed by atoms with Gasteiger partial charge >= 0.3 is 0 Å². The molecule has 2 heterocycles. The number of unbranched alkanes of at least 4 members (excludes halogenated alkanes) is 1. The van der Waals surface area contributed by atoms with Crippen molar-refractivity contribution in [1.29, 1.82) is 0 Å². The number of fused-ring (bicyclic) bond motifs is 1. The Labute approximate surface area is 145 Å². The van der Waals surface area contributed by atoms with E-state index in [-0.39, 0.29) is 23.1 Å². The largest absolute Gasteiger partial charge is 0.349 e. The molecule has 2 aromatic heterocycles. The van der Waals surface area contributed by atoms with E-state index < -0.39 is 0 Å². The van der Waals surface area contributed by atoms with Gasteiger partial charge in [0.1, 0.15) is 0 Å². The third kappa shape index (κ3) is 3.60. The van der Waals surface area contributed by atoms with Crippen LogP contribution < -0.4 is 10.9 Å². The Hall–Kier alpha value is -2.96. The minimum absolute atomic E-state index is 0.0944. The van der Waals surface area contributed by atoms with E-state index >= 15 is 0 Å². The molecule has 1 aromatic carbocycles. The van der Waals surface area contributed by atoms with E-state index in [0.29, 0.717) is 24.2 Å². The van der Waals surface area contributed by atoms with Crippen LogP contribution in [0.25, 0.3) is 5.78 Å². The molecule has 0 aliphatic carbocycles. The molecule has 0 fully saturated rings. The summed E-state index contributed by atoms with van der Waals surface area (Å²) in [5.74, 6) is -0.0301. The Bertz CT molecular complexity index is 943. The summed E-state index contributed by atoms with van der Waals surface area (Å²) in [5.41, 5.74) is 2.01. The molecule has 2 N–H and O–H groups in total. The molecule has 0 unspecified atom stereocenters. The summed E-state index contributed by atoms with van der Waals surface area (Å²) in [6.07, 6.45) is 2.37. The molecule has 0 radical (unpaired) electrons. The second-order valence-electron chi connectivity index (χ2n) is 5.96. The number of hydrogen-bond acceptors (Lipinski definition) is 4. The summed E-state index contributed by atoms with van der Waals surface area (Å²) < 4.78 is 1.24. The van der Waals surface area contributed by atoms with Gasteiger partial charge in [-0.15, -0.1) is 0 Å². The third-order valence-corrected chi connectivity index (χ3v) is 4.05. The number of nitrogens with zero attached hydrogens (tertiary/aromatic N) is 3. The van der Waals surface area contributed by atoms with Crippen molar-refractivity contribution >= 4 is 11.7 Å². The number of aryl methyl sites for hydroxylation is 1. The number of nitrogens with one attached hydrogen (secondary N) is 2. The first-order valence-corrected chi connectivity index (χ1v) is 8.40. The fourth-order valence-corrected chi connectivity index (χ4v) is 2.62. The first-order valence-electron chi connectivity index (χ1n) is 8.40. The second kappa shape index (κ2) is 7.29. The van der Waals surface area contributed by atoms with E-state index in [0.717, 1.165) is 18.4 Å². The quantitative estimate of drug-likeness (QED) is 0.670. The van der Waals surface area contributed by atoms with Crippen molar-refractivity contribution in [2.45, 2.75) is 33.1 Å². The molecule has 25 heavy (non-hydrogen) atoms.